The van der Waals surface area contributed by atoms with Gasteiger partial charge in [0.25, 0.3) is 5.91 Å². The van der Waals surface area contributed by atoms with Crippen molar-refractivity contribution in [2.75, 3.05) is 46.3 Å². The van der Waals surface area contributed by atoms with E-state index in [1.54, 1.807) is 4.90 Å². The van der Waals surface area contributed by atoms with Crippen LogP contribution >= 0.6 is 0 Å². The van der Waals surface area contributed by atoms with Crippen LogP contribution in [-0.2, 0) is 11.3 Å². The van der Waals surface area contributed by atoms with Crippen LogP contribution in [0.2, 0.25) is 0 Å². The first-order chi connectivity index (χ1) is 13.9. The molecule has 0 aliphatic rings. The molecule has 0 unspecified atom stereocenters. The predicted octanol–water partition coefficient (Wildman–Crippen LogP) is 2.43. The van der Waals surface area contributed by atoms with Crippen molar-refractivity contribution in [1.29, 1.82) is 0 Å². The molecule has 0 fully saturated rings. The molecule has 0 bridgehead atoms. The number of aliphatic imine (C=N–C) groups is 1. The Balaban J connectivity index is 2.82. The smallest absolute Gasteiger partial charge is 0.253 e. The van der Waals surface area contributed by atoms with Gasteiger partial charge in [-0.05, 0) is 52.3 Å². The highest BCUT2D eigenvalue weighted by atomic mass is 16.2. The molecule has 7 heteroatoms. The minimum Gasteiger partial charge on any atom is -0.357 e. The van der Waals surface area contributed by atoms with Crippen LogP contribution in [0, 0.1) is 0 Å². The summed E-state index contributed by atoms with van der Waals surface area (Å²) in [4.78, 5) is 34.9. The third kappa shape index (κ3) is 7.40. The zero-order valence-corrected chi connectivity index (χ0v) is 18.9. The monoisotopic (exact) mass is 403 g/mol. The number of benzene rings is 1. The summed E-state index contributed by atoms with van der Waals surface area (Å²) < 4.78 is 0. The summed E-state index contributed by atoms with van der Waals surface area (Å²) >= 11 is 0. The molecule has 1 N–H and O–H groups in total. The summed E-state index contributed by atoms with van der Waals surface area (Å²) in [6.45, 7) is 14.2. The second-order valence-corrected chi connectivity index (χ2v) is 6.77. The number of hydrogen-bond acceptors (Lipinski definition) is 3. The number of rotatable bonds is 10. The molecule has 1 rings (SSSR count). The van der Waals surface area contributed by atoms with Gasteiger partial charge in [0.2, 0.25) is 5.91 Å². The van der Waals surface area contributed by atoms with E-state index in [-0.39, 0.29) is 18.4 Å². The number of nitrogens with one attached hydrogen (secondary N) is 1. The maximum absolute atomic E-state index is 12.4. The number of carbonyl (C=O) groups excluding carboxylic acids is 2. The van der Waals surface area contributed by atoms with E-state index in [1.807, 2.05) is 75.7 Å². The molecule has 0 radical (unpaired) electrons. The molecular formula is C22H37N5O2. The van der Waals surface area contributed by atoms with E-state index in [2.05, 4.69) is 10.3 Å². The molecule has 0 saturated heterocycles. The third-order valence-electron chi connectivity index (χ3n) is 4.85. The molecule has 0 aliphatic carbocycles. The summed E-state index contributed by atoms with van der Waals surface area (Å²) in [6, 6.07) is 7.58. The highest BCUT2D eigenvalue weighted by Crippen LogP contribution is 2.09. The van der Waals surface area contributed by atoms with Crippen molar-refractivity contribution >= 4 is 17.8 Å². The second kappa shape index (κ2) is 12.8. The van der Waals surface area contributed by atoms with Crippen molar-refractivity contribution in [3.63, 3.8) is 0 Å². The van der Waals surface area contributed by atoms with Crippen molar-refractivity contribution < 1.29 is 9.59 Å². The summed E-state index contributed by atoms with van der Waals surface area (Å²) in [7, 11) is 1.87. The first-order valence-electron chi connectivity index (χ1n) is 10.6. The minimum absolute atomic E-state index is 0.0491. The van der Waals surface area contributed by atoms with Gasteiger partial charge in [-0.2, -0.15) is 0 Å². The molecule has 0 aromatic heterocycles. The fourth-order valence-corrected chi connectivity index (χ4v) is 3.04. The molecule has 0 saturated carbocycles. The molecule has 29 heavy (non-hydrogen) atoms. The second-order valence-electron chi connectivity index (χ2n) is 6.77. The molecule has 2 amide bonds. The first kappa shape index (κ1) is 24.5. The molecule has 1 aromatic carbocycles. The van der Waals surface area contributed by atoms with E-state index in [0.29, 0.717) is 44.2 Å². The Morgan fingerprint density at radius 3 is 1.93 bits per heavy atom. The van der Waals surface area contributed by atoms with Crippen LogP contribution in [0.3, 0.4) is 0 Å². The molecular weight excluding hydrogens is 366 g/mol. The predicted molar refractivity (Wildman–Crippen MR) is 119 cm³/mol. The molecule has 0 heterocycles. The third-order valence-corrected chi connectivity index (χ3v) is 4.85. The van der Waals surface area contributed by atoms with Gasteiger partial charge in [-0.25, -0.2) is 4.99 Å². The van der Waals surface area contributed by atoms with Gasteiger partial charge in [-0.1, -0.05) is 12.1 Å². The molecule has 1 aromatic rings. The number of hydrogen-bond donors (Lipinski definition) is 1. The maximum atomic E-state index is 12.4. The maximum Gasteiger partial charge on any atom is 0.253 e. The summed E-state index contributed by atoms with van der Waals surface area (Å²) in [5, 5.41) is 3.24. The van der Waals surface area contributed by atoms with Crippen LogP contribution in [0.5, 0.6) is 0 Å². The van der Waals surface area contributed by atoms with Crippen molar-refractivity contribution in [2.45, 2.75) is 41.2 Å². The van der Waals surface area contributed by atoms with Crippen LogP contribution in [-0.4, -0.2) is 78.8 Å². The van der Waals surface area contributed by atoms with Gasteiger partial charge < -0.3 is 20.0 Å². The Morgan fingerprint density at radius 1 is 0.897 bits per heavy atom. The average Bonchev–Trinajstić information content (AvgIpc) is 2.73. The van der Waals surface area contributed by atoms with E-state index in [0.717, 1.165) is 12.1 Å². The van der Waals surface area contributed by atoms with Gasteiger partial charge in [-0.3, -0.25) is 9.59 Å². The lowest BCUT2D eigenvalue weighted by Gasteiger charge is -2.25. The fraction of sp³-hybridized carbons (Fsp3) is 0.591. The van der Waals surface area contributed by atoms with Gasteiger partial charge in [-0.15, -0.1) is 0 Å². The minimum atomic E-state index is 0.0491. The Kier molecular flexibility index (Phi) is 10.8. The van der Waals surface area contributed by atoms with Crippen LogP contribution in [0.4, 0.5) is 0 Å². The Morgan fingerprint density at radius 2 is 1.45 bits per heavy atom. The van der Waals surface area contributed by atoms with E-state index in [9.17, 15) is 9.59 Å². The first-order valence-corrected chi connectivity index (χ1v) is 10.6. The zero-order valence-electron chi connectivity index (χ0n) is 18.9. The lowest BCUT2D eigenvalue weighted by molar-refractivity contribution is -0.131. The van der Waals surface area contributed by atoms with Crippen LogP contribution in [0.25, 0.3) is 0 Å². The van der Waals surface area contributed by atoms with E-state index in [4.69, 9.17) is 0 Å². The highest BCUT2D eigenvalue weighted by molar-refractivity contribution is 5.94. The van der Waals surface area contributed by atoms with Gasteiger partial charge in [0, 0.05) is 45.3 Å². The molecule has 0 atom stereocenters. The molecule has 7 nitrogen and oxygen atoms in total. The summed E-state index contributed by atoms with van der Waals surface area (Å²) in [5.74, 6) is 0.826. The SMILES string of the molecule is CCNC(=NCc1ccc(C(=O)N(CC)CC)cc1)N(C)CC(=O)N(CC)CC. The van der Waals surface area contributed by atoms with Crippen LogP contribution < -0.4 is 5.32 Å². The van der Waals surface area contributed by atoms with Crippen molar-refractivity contribution in [3.05, 3.63) is 35.4 Å². The number of guanidine groups is 1. The van der Waals surface area contributed by atoms with E-state index < -0.39 is 0 Å². The summed E-state index contributed by atoms with van der Waals surface area (Å²) in [6.07, 6.45) is 0. The van der Waals surface area contributed by atoms with Gasteiger partial charge in [0.05, 0.1) is 13.1 Å². The Hall–Kier alpha value is -2.57. The molecule has 162 valence electrons. The molecule has 0 spiro atoms. The number of amides is 2. The zero-order chi connectivity index (χ0) is 21.8. The van der Waals surface area contributed by atoms with E-state index >= 15 is 0 Å². The van der Waals surface area contributed by atoms with Gasteiger partial charge in [0.15, 0.2) is 5.96 Å². The average molecular weight is 404 g/mol. The van der Waals surface area contributed by atoms with E-state index in [1.165, 1.54) is 0 Å². The van der Waals surface area contributed by atoms with Crippen LogP contribution in [0.15, 0.2) is 29.3 Å². The summed E-state index contributed by atoms with van der Waals surface area (Å²) in [5.41, 5.74) is 1.70. The quantitative estimate of drug-likeness (QED) is 0.481. The van der Waals surface area contributed by atoms with Crippen molar-refractivity contribution in [3.8, 4) is 0 Å². The topological polar surface area (TPSA) is 68.2 Å². The normalized spacial score (nSPS) is 11.2. The Bertz CT molecular complexity index is 664. The number of carbonyl (C=O) groups is 2. The molecule has 0 aliphatic heterocycles. The number of nitrogens with zero attached hydrogens (tertiary/aromatic N) is 4. The van der Waals surface area contributed by atoms with Crippen molar-refractivity contribution in [1.82, 2.24) is 20.0 Å². The van der Waals surface area contributed by atoms with Crippen LogP contribution in [0.1, 0.15) is 50.5 Å². The lowest BCUT2D eigenvalue weighted by atomic mass is 10.1. The van der Waals surface area contributed by atoms with Gasteiger partial charge in [0.1, 0.15) is 0 Å². The Labute approximate surface area is 175 Å². The lowest BCUT2D eigenvalue weighted by Crippen LogP contribution is -2.45. The van der Waals surface area contributed by atoms with Gasteiger partial charge >= 0.3 is 0 Å². The highest BCUT2D eigenvalue weighted by Gasteiger charge is 2.15. The fourth-order valence-electron chi connectivity index (χ4n) is 3.04. The largest absolute Gasteiger partial charge is 0.357 e. The van der Waals surface area contributed by atoms with Crippen molar-refractivity contribution in [2.24, 2.45) is 4.99 Å². The standard InChI is InChI=1S/C22H37N5O2/c1-7-23-22(25(6)17-20(28)26(8-2)9-3)24-16-18-12-14-19(15-13-18)21(29)27(10-4)11-5/h12-15H,7-11,16-17H2,1-6H3,(H,23,24). The number of likely N-dealkylation sites (N-methyl/N-ethyl adjacent to an activating group) is 2.